The van der Waals surface area contributed by atoms with E-state index in [0.29, 0.717) is 12.8 Å². The Labute approximate surface area is 131 Å². The fourth-order valence-electron chi connectivity index (χ4n) is 1.67. The van der Waals surface area contributed by atoms with E-state index < -0.39 is 11.8 Å². The summed E-state index contributed by atoms with van der Waals surface area (Å²) in [7, 11) is 0. The van der Waals surface area contributed by atoms with Crippen molar-refractivity contribution in [3.63, 3.8) is 0 Å². The van der Waals surface area contributed by atoms with Gasteiger partial charge in [0.1, 0.15) is 0 Å². The summed E-state index contributed by atoms with van der Waals surface area (Å²) in [6.07, 6.45) is 1.20. The van der Waals surface area contributed by atoms with Crippen LogP contribution in [0.1, 0.15) is 19.8 Å². The Morgan fingerprint density at radius 2 is 2.19 bits per heavy atom. The molecule has 8 heteroatoms. The minimum Gasteiger partial charge on any atom is -0.396 e. The van der Waals surface area contributed by atoms with E-state index in [1.54, 1.807) is 13.0 Å². The van der Waals surface area contributed by atoms with Crippen molar-refractivity contribution in [1.82, 2.24) is 5.32 Å². The van der Waals surface area contributed by atoms with Crippen LogP contribution >= 0.6 is 23.4 Å². The van der Waals surface area contributed by atoms with Gasteiger partial charge in [-0.2, -0.15) is 8.78 Å². The first-order valence-electron chi connectivity index (χ1n) is 6.35. The maximum absolute atomic E-state index is 12.5. The molecule has 0 aliphatic rings. The van der Waals surface area contributed by atoms with E-state index in [0.717, 1.165) is 0 Å². The van der Waals surface area contributed by atoms with Crippen LogP contribution in [0.4, 0.5) is 19.3 Å². The van der Waals surface area contributed by atoms with E-state index >= 15 is 0 Å². The summed E-state index contributed by atoms with van der Waals surface area (Å²) in [5.74, 6) is -2.63. The molecule has 3 N–H and O–H groups in total. The van der Waals surface area contributed by atoms with Crippen molar-refractivity contribution in [2.24, 2.45) is 0 Å². The van der Waals surface area contributed by atoms with Crippen molar-refractivity contribution in [2.45, 2.75) is 36.5 Å². The number of aliphatic hydroxyl groups excluding tert-OH is 1. The molecule has 1 aromatic rings. The van der Waals surface area contributed by atoms with Gasteiger partial charge in [-0.15, -0.1) is 0 Å². The molecule has 0 aromatic heterocycles. The van der Waals surface area contributed by atoms with E-state index in [-0.39, 0.29) is 40.0 Å². The maximum atomic E-state index is 12.5. The zero-order valence-corrected chi connectivity index (χ0v) is 13.0. The summed E-state index contributed by atoms with van der Waals surface area (Å²) in [6.45, 7) is 1.85. The third-order valence-corrected chi connectivity index (χ3v) is 3.88. The maximum Gasteiger partial charge on any atom is 0.319 e. The lowest BCUT2D eigenvalue weighted by Gasteiger charge is -2.16. The second-order valence-corrected chi connectivity index (χ2v) is 5.77. The van der Waals surface area contributed by atoms with E-state index in [1.165, 1.54) is 12.1 Å². The van der Waals surface area contributed by atoms with Crippen LogP contribution in [0.15, 0.2) is 23.1 Å². The lowest BCUT2D eigenvalue weighted by atomic mass is 10.2. The predicted molar refractivity (Wildman–Crippen MR) is 81.2 cm³/mol. The molecule has 1 atom stereocenters. The first kappa shape index (κ1) is 18.0. The number of thioether (sulfide) groups is 1. The largest absolute Gasteiger partial charge is 0.396 e. The molecule has 118 valence electrons. The molecule has 0 fully saturated rings. The van der Waals surface area contributed by atoms with Crippen LogP contribution < -0.4 is 10.6 Å². The molecule has 0 spiro atoms. The molecule has 21 heavy (non-hydrogen) atoms. The minimum atomic E-state index is -2.63. The quantitative estimate of drug-likeness (QED) is 0.660. The fourth-order valence-corrected chi connectivity index (χ4v) is 2.58. The Balaban J connectivity index is 2.69. The van der Waals surface area contributed by atoms with Crippen molar-refractivity contribution in [3.05, 3.63) is 23.2 Å². The monoisotopic (exact) mass is 338 g/mol. The predicted octanol–water partition coefficient (Wildman–Crippen LogP) is 3.94. The molecule has 0 aliphatic carbocycles. The van der Waals surface area contributed by atoms with Gasteiger partial charge in [-0.3, -0.25) is 0 Å². The number of alkyl halides is 2. The Kier molecular flexibility index (Phi) is 7.77. The van der Waals surface area contributed by atoms with E-state index in [1.807, 2.05) is 0 Å². The normalized spacial score (nSPS) is 12.3. The number of nitrogens with one attached hydrogen (secondary N) is 2. The SMILES string of the molecule is CC(CCCO)NC(=O)Nc1cccc(Cl)c1SC(F)F. The number of rotatable bonds is 7. The average molecular weight is 339 g/mol. The number of carbonyl (C=O) groups is 1. The first-order chi connectivity index (χ1) is 9.93. The lowest BCUT2D eigenvalue weighted by Crippen LogP contribution is -2.36. The lowest BCUT2D eigenvalue weighted by molar-refractivity contribution is 0.245. The number of amides is 2. The van der Waals surface area contributed by atoms with Gasteiger partial charge >= 0.3 is 6.03 Å². The molecule has 2 amide bonds. The van der Waals surface area contributed by atoms with E-state index in [9.17, 15) is 13.6 Å². The number of halogens is 3. The number of carbonyl (C=O) groups excluding carboxylic acids is 1. The molecular weight excluding hydrogens is 322 g/mol. The fraction of sp³-hybridized carbons (Fsp3) is 0.462. The van der Waals surface area contributed by atoms with Gasteiger partial charge < -0.3 is 15.7 Å². The second-order valence-electron chi connectivity index (χ2n) is 4.36. The van der Waals surface area contributed by atoms with Gasteiger partial charge in [-0.05, 0) is 31.9 Å². The third kappa shape index (κ3) is 6.50. The van der Waals surface area contributed by atoms with E-state index in [4.69, 9.17) is 16.7 Å². The molecule has 1 rings (SSSR count). The molecule has 1 aromatic carbocycles. The highest BCUT2D eigenvalue weighted by Crippen LogP contribution is 2.37. The molecule has 0 saturated heterocycles. The van der Waals surface area contributed by atoms with Crippen molar-refractivity contribution in [3.8, 4) is 0 Å². The topological polar surface area (TPSA) is 61.4 Å². The summed E-state index contributed by atoms with van der Waals surface area (Å²) in [5, 5.41) is 14.1. The summed E-state index contributed by atoms with van der Waals surface area (Å²) >= 11 is 6.16. The molecule has 0 heterocycles. The summed E-state index contributed by atoms with van der Waals surface area (Å²) in [5.41, 5.74) is 0.236. The molecule has 0 bridgehead atoms. The zero-order valence-electron chi connectivity index (χ0n) is 11.4. The molecule has 0 saturated carbocycles. The Morgan fingerprint density at radius 1 is 1.48 bits per heavy atom. The van der Waals surface area contributed by atoms with Crippen molar-refractivity contribution >= 4 is 35.1 Å². The second kappa shape index (κ2) is 9.07. The number of urea groups is 1. The van der Waals surface area contributed by atoms with Crippen LogP contribution in [0.5, 0.6) is 0 Å². The van der Waals surface area contributed by atoms with Gasteiger partial charge in [0.25, 0.3) is 5.76 Å². The van der Waals surface area contributed by atoms with Gasteiger partial charge in [0.05, 0.1) is 15.6 Å². The van der Waals surface area contributed by atoms with E-state index in [2.05, 4.69) is 10.6 Å². The third-order valence-electron chi connectivity index (χ3n) is 2.59. The zero-order chi connectivity index (χ0) is 15.8. The van der Waals surface area contributed by atoms with Crippen LogP contribution in [-0.4, -0.2) is 29.5 Å². The highest BCUT2D eigenvalue weighted by atomic mass is 35.5. The van der Waals surface area contributed by atoms with Crippen LogP contribution in [0.3, 0.4) is 0 Å². The summed E-state index contributed by atoms with van der Waals surface area (Å²) in [6, 6.07) is 3.93. The Bertz CT molecular complexity index is 477. The van der Waals surface area contributed by atoms with Crippen molar-refractivity contribution in [1.29, 1.82) is 0 Å². The van der Waals surface area contributed by atoms with Gasteiger partial charge in [0.2, 0.25) is 0 Å². The summed E-state index contributed by atoms with van der Waals surface area (Å²) < 4.78 is 25.0. The first-order valence-corrected chi connectivity index (χ1v) is 7.61. The van der Waals surface area contributed by atoms with Crippen molar-refractivity contribution in [2.75, 3.05) is 11.9 Å². The molecular formula is C13H17ClF2N2O2S. The Hall–Kier alpha value is -1.05. The molecule has 0 radical (unpaired) electrons. The number of aliphatic hydroxyl groups is 1. The van der Waals surface area contributed by atoms with Gasteiger partial charge in [0.15, 0.2) is 0 Å². The van der Waals surface area contributed by atoms with Crippen LogP contribution in [0.25, 0.3) is 0 Å². The highest BCUT2D eigenvalue weighted by Gasteiger charge is 2.16. The number of hydrogen-bond acceptors (Lipinski definition) is 3. The number of hydrogen-bond donors (Lipinski definition) is 3. The Morgan fingerprint density at radius 3 is 2.81 bits per heavy atom. The van der Waals surface area contributed by atoms with Crippen LogP contribution in [-0.2, 0) is 0 Å². The smallest absolute Gasteiger partial charge is 0.319 e. The molecule has 4 nitrogen and oxygen atoms in total. The van der Waals surface area contributed by atoms with Crippen LogP contribution in [0, 0.1) is 0 Å². The standard InChI is InChI=1S/C13H17ClF2N2O2S/c1-8(4-3-7-19)17-13(20)18-10-6-2-5-9(14)11(10)21-12(15)16/h2,5-6,8,12,19H,3-4,7H2,1H3,(H2,17,18,20). The van der Waals surface area contributed by atoms with Crippen LogP contribution in [0.2, 0.25) is 5.02 Å². The number of anilines is 1. The van der Waals surface area contributed by atoms with Gasteiger partial charge in [0, 0.05) is 12.6 Å². The molecule has 0 aliphatic heterocycles. The average Bonchev–Trinajstić information content (AvgIpc) is 2.40. The number of benzene rings is 1. The van der Waals surface area contributed by atoms with Gasteiger partial charge in [-0.25, -0.2) is 4.79 Å². The molecule has 1 unspecified atom stereocenters. The minimum absolute atomic E-state index is 0.0527. The highest BCUT2D eigenvalue weighted by molar-refractivity contribution is 7.99. The van der Waals surface area contributed by atoms with Crippen molar-refractivity contribution < 1.29 is 18.7 Å². The summed E-state index contributed by atoms with van der Waals surface area (Å²) in [4.78, 5) is 11.9. The van der Waals surface area contributed by atoms with Gasteiger partial charge in [-0.1, -0.05) is 29.4 Å².